The predicted molar refractivity (Wildman–Crippen MR) is 138 cm³/mol. The van der Waals surface area contributed by atoms with E-state index in [2.05, 4.69) is 44.8 Å². The molecule has 2 aromatic carbocycles. The molecule has 0 spiro atoms. The van der Waals surface area contributed by atoms with Crippen LogP contribution in [0, 0.1) is 0 Å². The number of benzene rings is 2. The third-order valence-corrected chi connectivity index (χ3v) is 5.64. The Hall–Kier alpha value is -2.00. The molecule has 0 bridgehead atoms. The minimum absolute atomic E-state index is 0. The number of methoxy groups -OCH3 is 2. The van der Waals surface area contributed by atoms with Crippen LogP contribution in [-0.2, 0) is 6.54 Å². The highest BCUT2D eigenvalue weighted by molar-refractivity contribution is 14.0. The van der Waals surface area contributed by atoms with Gasteiger partial charge in [0.05, 0.1) is 20.3 Å². The minimum Gasteiger partial charge on any atom is -0.497 e. The van der Waals surface area contributed by atoms with E-state index in [0.29, 0.717) is 12.6 Å². The molecule has 0 aromatic heterocycles. The molecule has 0 saturated carbocycles. The van der Waals surface area contributed by atoms with Gasteiger partial charge < -0.3 is 20.1 Å². The first-order valence-electron chi connectivity index (χ1n) is 10.7. The lowest BCUT2D eigenvalue weighted by Crippen LogP contribution is -2.44. The zero-order chi connectivity index (χ0) is 21.2. The number of nitrogens with zero attached hydrogens (tertiary/aromatic N) is 2. The highest BCUT2D eigenvalue weighted by Gasteiger charge is 2.22. The lowest BCUT2D eigenvalue weighted by molar-refractivity contribution is 0.164. The van der Waals surface area contributed by atoms with E-state index in [1.54, 1.807) is 14.2 Å². The molecule has 31 heavy (non-hydrogen) atoms. The van der Waals surface area contributed by atoms with E-state index in [1.807, 2.05) is 31.3 Å². The van der Waals surface area contributed by atoms with Gasteiger partial charge in [-0.2, -0.15) is 0 Å². The summed E-state index contributed by atoms with van der Waals surface area (Å²) in [6.07, 6.45) is 3.85. The first-order chi connectivity index (χ1) is 14.7. The van der Waals surface area contributed by atoms with Crippen LogP contribution in [0.2, 0.25) is 0 Å². The predicted octanol–water partition coefficient (Wildman–Crippen LogP) is 4.21. The second-order valence-corrected chi connectivity index (χ2v) is 7.54. The molecule has 1 saturated heterocycles. The normalized spacial score (nSPS) is 15.5. The van der Waals surface area contributed by atoms with E-state index in [0.717, 1.165) is 37.1 Å². The van der Waals surface area contributed by atoms with Crippen LogP contribution in [0.15, 0.2) is 53.5 Å². The number of piperidine rings is 1. The van der Waals surface area contributed by atoms with Crippen molar-refractivity contribution >= 4 is 29.9 Å². The summed E-state index contributed by atoms with van der Waals surface area (Å²) in [6, 6.07) is 16.8. The summed E-state index contributed by atoms with van der Waals surface area (Å²) in [4.78, 5) is 6.98. The summed E-state index contributed by atoms with van der Waals surface area (Å²) in [5.41, 5.74) is 2.48. The molecule has 1 aliphatic heterocycles. The molecule has 1 aliphatic rings. The molecular formula is C24H35IN4O2. The van der Waals surface area contributed by atoms with Crippen LogP contribution < -0.4 is 20.1 Å². The number of aliphatic imine (C=N–C) groups is 1. The average Bonchev–Trinajstić information content (AvgIpc) is 2.82. The van der Waals surface area contributed by atoms with Crippen molar-refractivity contribution in [3.8, 4) is 11.5 Å². The largest absolute Gasteiger partial charge is 0.497 e. The molecule has 1 heterocycles. The van der Waals surface area contributed by atoms with E-state index < -0.39 is 0 Å². The topological polar surface area (TPSA) is 58.1 Å². The summed E-state index contributed by atoms with van der Waals surface area (Å²) in [5.74, 6) is 2.56. The first-order valence-corrected chi connectivity index (χ1v) is 10.7. The van der Waals surface area contributed by atoms with Crippen molar-refractivity contribution < 1.29 is 9.47 Å². The summed E-state index contributed by atoms with van der Waals surface area (Å²) in [5, 5.41) is 6.94. The minimum atomic E-state index is 0. The van der Waals surface area contributed by atoms with Crippen LogP contribution in [0.3, 0.4) is 0 Å². The van der Waals surface area contributed by atoms with Crippen molar-refractivity contribution in [2.75, 3.05) is 40.9 Å². The summed E-state index contributed by atoms with van der Waals surface area (Å²) in [7, 11) is 5.20. The van der Waals surface area contributed by atoms with Crippen LogP contribution in [0.4, 0.5) is 0 Å². The maximum Gasteiger partial charge on any atom is 0.191 e. The number of halogens is 1. The summed E-state index contributed by atoms with van der Waals surface area (Å²) in [6.45, 7) is 3.78. The van der Waals surface area contributed by atoms with Gasteiger partial charge in [0, 0.05) is 20.1 Å². The number of nitrogens with one attached hydrogen (secondary N) is 2. The molecule has 0 aliphatic carbocycles. The lowest BCUT2D eigenvalue weighted by Gasteiger charge is -2.35. The number of ether oxygens (including phenoxy) is 2. The Balaban J connectivity index is 0.00000341. The molecule has 0 radical (unpaired) electrons. The molecule has 170 valence electrons. The van der Waals surface area contributed by atoms with Crippen molar-refractivity contribution in [2.24, 2.45) is 4.99 Å². The molecule has 3 rings (SSSR count). The Morgan fingerprint density at radius 3 is 2.03 bits per heavy atom. The number of likely N-dealkylation sites (tertiary alicyclic amines) is 1. The van der Waals surface area contributed by atoms with E-state index in [1.165, 1.54) is 30.4 Å². The van der Waals surface area contributed by atoms with Crippen LogP contribution in [0.1, 0.15) is 36.4 Å². The van der Waals surface area contributed by atoms with Gasteiger partial charge >= 0.3 is 0 Å². The fraction of sp³-hybridized carbons (Fsp3) is 0.458. The van der Waals surface area contributed by atoms with Crippen molar-refractivity contribution in [2.45, 2.75) is 31.8 Å². The van der Waals surface area contributed by atoms with Gasteiger partial charge in [0.15, 0.2) is 5.96 Å². The van der Waals surface area contributed by atoms with Gasteiger partial charge in [-0.15, -0.1) is 24.0 Å². The van der Waals surface area contributed by atoms with Crippen molar-refractivity contribution in [1.29, 1.82) is 0 Å². The molecule has 2 aromatic rings. The van der Waals surface area contributed by atoms with E-state index in [-0.39, 0.29) is 24.0 Å². The Kier molecular flexibility index (Phi) is 10.9. The van der Waals surface area contributed by atoms with Gasteiger partial charge in [0.25, 0.3) is 0 Å². The highest BCUT2D eigenvalue weighted by Crippen LogP contribution is 2.25. The monoisotopic (exact) mass is 538 g/mol. The Morgan fingerprint density at radius 1 is 0.903 bits per heavy atom. The fourth-order valence-corrected chi connectivity index (χ4v) is 3.86. The lowest BCUT2D eigenvalue weighted by atomic mass is 10.0. The third-order valence-electron chi connectivity index (χ3n) is 5.64. The van der Waals surface area contributed by atoms with Gasteiger partial charge in [0.1, 0.15) is 11.5 Å². The molecule has 6 nitrogen and oxygen atoms in total. The smallest absolute Gasteiger partial charge is 0.191 e. The Labute approximate surface area is 203 Å². The third kappa shape index (κ3) is 7.57. The maximum atomic E-state index is 5.33. The maximum absolute atomic E-state index is 5.33. The van der Waals surface area contributed by atoms with Gasteiger partial charge in [-0.3, -0.25) is 9.89 Å². The summed E-state index contributed by atoms with van der Waals surface area (Å²) < 4.78 is 10.6. The van der Waals surface area contributed by atoms with E-state index in [9.17, 15) is 0 Å². The van der Waals surface area contributed by atoms with Crippen molar-refractivity contribution in [3.05, 3.63) is 59.7 Å². The average molecular weight is 538 g/mol. The second kappa shape index (κ2) is 13.4. The van der Waals surface area contributed by atoms with Crippen LogP contribution in [-0.4, -0.2) is 51.8 Å². The van der Waals surface area contributed by atoms with Gasteiger partial charge in [-0.05, 0) is 61.3 Å². The Morgan fingerprint density at radius 2 is 1.48 bits per heavy atom. The molecule has 7 heteroatoms. The van der Waals surface area contributed by atoms with E-state index >= 15 is 0 Å². The van der Waals surface area contributed by atoms with Crippen molar-refractivity contribution in [3.63, 3.8) is 0 Å². The van der Waals surface area contributed by atoms with Crippen LogP contribution >= 0.6 is 24.0 Å². The fourth-order valence-electron chi connectivity index (χ4n) is 3.86. The summed E-state index contributed by atoms with van der Waals surface area (Å²) >= 11 is 0. The molecule has 0 amide bonds. The van der Waals surface area contributed by atoms with Crippen LogP contribution in [0.5, 0.6) is 11.5 Å². The SMILES string of the molecule is CN=C(NCc1ccc(OC)cc1)NCC(c1ccc(OC)cc1)N1CCCCC1.I. The van der Waals surface area contributed by atoms with Gasteiger partial charge in [-0.1, -0.05) is 30.7 Å². The first kappa shape index (κ1) is 25.3. The zero-order valence-electron chi connectivity index (χ0n) is 18.8. The Bertz CT molecular complexity index is 790. The van der Waals surface area contributed by atoms with Gasteiger partial charge in [-0.25, -0.2) is 0 Å². The highest BCUT2D eigenvalue weighted by atomic mass is 127. The number of rotatable bonds is 8. The molecule has 1 atom stereocenters. The second-order valence-electron chi connectivity index (χ2n) is 7.54. The zero-order valence-corrected chi connectivity index (χ0v) is 21.1. The molecule has 1 unspecified atom stereocenters. The number of hydrogen-bond acceptors (Lipinski definition) is 4. The van der Waals surface area contributed by atoms with E-state index in [4.69, 9.17) is 9.47 Å². The van der Waals surface area contributed by atoms with Crippen LogP contribution in [0.25, 0.3) is 0 Å². The van der Waals surface area contributed by atoms with Gasteiger partial charge in [0.2, 0.25) is 0 Å². The molecular weight excluding hydrogens is 503 g/mol. The number of guanidine groups is 1. The van der Waals surface area contributed by atoms with Crippen molar-refractivity contribution in [1.82, 2.24) is 15.5 Å². The molecule has 2 N–H and O–H groups in total. The molecule has 1 fully saturated rings. The quantitative estimate of drug-likeness (QED) is 0.300. The number of hydrogen-bond donors (Lipinski definition) is 2. The standard InChI is InChI=1S/C24H34N4O2.HI/c1-25-24(26-17-19-7-11-21(29-2)12-8-19)27-18-23(28-15-5-4-6-16-28)20-9-13-22(30-3)14-10-20;/h7-14,23H,4-6,15-18H2,1-3H3,(H2,25,26,27);1H.